The van der Waals surface area contributed by atoms with Crippen LogP contribution in [0.1, 0.15) is 30.7 Å². The Balaban J connectivity index is 1.69. The number of aromatic nitrogens is 3. The fourth-order valence-corrected chi connectivity index (χ4v) is 4.26. The molecule has 0 saturated heterocycles. The highest BCUT2D eigenvalue weighted by Crippen LogP contribution is 2.28. The number of rotatable bonds is 8. The average molecular weight is 401 g/mol. The number of thioether (sulfide) groups is 1. The van der Waals surface area contributed by atoms with Crippen LogP contribution < -0.4 is 5.32 Å². The van der Waals surface area contributed by atoms with Crippen molar-refractivity contribution in [2.45, 2.75) is 45.3 Å². The van der Waals surface area contributed by atoms with Crippen LogP contribution in [0.4, 0.5) is 5.69 Å². The van der Waals surface area contributed by atoms with Crippen molar-refractivity contribution in [1.29, 1.82) is 0 Å². The first kappa shape index (κ1) is 19.6. The molecule has 7 heteroatoms. The summed E-state index contributed by atoms with van der Waals surface area (Å²) < 4.78 is 2.12. The van der Waals surface area contributed by atoms with E-state index >= 15 is 0 Å². The van der Waals surface area contributed by atoms with E-state index in [1.54, 1.807) is 11.3 Å². The fourth-order valence-electron chi connectivity index (χ4n) is 2.68. The summed E-state index contributed by atoms with van der Waals surface area (Å²) in [5.41, 5.74) is 3.09. The van der Waals surface area contributed by atoms with E-state index < -0.39 is 0 Å². The lowest BCUT2D eigenvalue weighted by atomic mass is 10.2. The molecule has 0 aliphatic rings. The molecule has 0 radical (unpaired) electrons. The SMILES string of the molecule is CCCn1c(SCC(=O)Nc2ccc(C)cc2)nnc1-c1csc(CC)c1. The van der Waals surface area contributed by atoms with Gasteiger partial charge in [-0.15, -0.1) is 21.5 Å². The highest BCUT2D eigenvalue weighted by atomic mass is 32.2. The van der Waals surface area contributed by atoms with E-state index in [0.717, 1.165) is 41.6 Å². The lowest BCUT2D eigenvalue weighted by molar-refractivity contribution is -0.113. The van der Waals surface area contributed by atoms with E-state index in [4.69, 9.17) is 0 Å². The number of anilines is 1. The second-order valence-electron chi connectivity index (χ2n) is 6.32. The molecule has 0 spiro atoms. The van der Waals surface area contributed by atoms with Gasteiger partial charge < -0.3 is 9.88 Å². The summed E-state index contributed by atoms with van der Waals surface area (Å²) in [6.45, 7) is 7.14. The third kappa shape index (κ3) is 4.99. The second kappa shape index (κ2) is 9.19. The zero-order valence-corrected chi connectivity index (χ0v) is 17.5. The molecule has 1 aromatic carbocycles. The first-order chi connectivity index (χ1) is 13.1. The standard InChI is InChI=1S/C20H24N4OS2/c1-4-10-24-19(15-11-17(5-2)26-12-15)22-23-20(24)27-13-18(25)21-16-8-6-14(3)7-9-16/h6-9,11-12H,4-5,10,13H2,1-3H3,(H,21,25). The summed E-state index contributed by atoms with van der Waals surface area (Å²) in [6.07, 6.45) is 2.01. The van der Waals surface area contributed by atoms with E-state index in [9.17, 15) is 4.79 Å². The number of amides is 1. The van der Waals surface area contributed by atoms with Crippen LogP contribution >= 0.6 is 23.1 Å². The Hall–Kier alpha value is -2.12. The number of hydrogen-bond donors (Lipinski definition) is 1. The molecule has 3 rings (SSSR count). The van der Waals surface area contributed by atoms with Gasteiger partial charge in [0.05, 0.1) is 5.75 Å². The number of carbonyl (C=O) groups is 1. The molecular formula is C20H24N4OS2. The van der Waals surface area contributed by atoms with Crippen LogP contribution in [0.15, 0.2) is 40.9 Å². The maximum atomic E-state index is 12.3. The molecule has 142 valence electrons. The molecule has 0 atom stereocenters. The molecule has 2 heterocycles. The third-order valence-corrected chi connectivity index (χ3v) is 6.14. The summed E-state index contributed by atoms with van der Waals surface area (Å²) in [5.74, 6) is 1.15. The number of aryl methyl sites for hydroxylation is 2. The number of benzene rings is 1. The van der Waals surface area contributed by atoms with Gasteiger partial charge in [-0.25, -0.2) is 0 Å². The first-order valence-corrected chi connectivity index (χ1v) is 11.0. The predicted octanol–water partition coefficient (Wildman–Crippen LogP) is 5.02. The smallest absolute Gasteiger partial charge is 0.234 e. The van der Waals surface area contributed by atoms with Crippen molar-refractivity contribution in [3.05, 3.63) is 46.2 Å². The summed E-state index contributed by atoms with van der Waals surface area (Å²) in [7, 11) is 0. The highest BCUT2D eigenvalue weighted by molar-refractivity contribution is 7.99. The minimum Gasteiger partial charge on any atom is -0.325 e. The van der Waals surface area contributed by atoms with E-state index in [0.29, 0.717) is 5.75 Å². The third-order valence-electron chi connectivity index (χ3n) is 4.09. The minimum absolute atomic E-state index is 0.0414. The lowest BCUT2D eigenvalue weighted by Gasteiger charge is -2.08. The van der Waals surface area contributed by atoms with Crippen LogP contribution in [0.3, 0.4) is 0 Å². The maximum absolute atomic E-state index is 12.3. The molecule has 0 aliphatic carbocycles. The monoisotopic (exact) mass is 400 g/mol. The Morgan fingerprint density at radius 2 is 2.00 bits per heavy atom. The van der Waals surface area contributed by atoms with Gasteiger partial charge in [-0.1, -0.05) is 43.3 Å². The van der Waals surface area contributed by atoms with Crippen molar-refractivity contribution in [2.24, 2.45) is 0 Å². The van der Waals surface area contributed by atoms with Crippen LogP contribution in [0, 0.1) is 6.92 Å². The number of carbonyl (C=O) groups excluding carboxylic acids is 1. The van der Waals surface area contributed by atoms with Crippen LogP contribution in [0.5, 0.6) is 0 Å². The molecule has 3 aromatic rings. The van der Waals surface area contributed by atoms with Crippen molar-refractivity contribution in [1.82, 2.24) is 14.8 Å². The molecule has 2 aromatic heterocycles. The van der Waals surface area contributed by atoms with Crippen molar-refractivity contribution < 1.29 is 4.79 Å². The van der Waals surface area contributed by atoms with Gasteiger partial charge in [0, 0.05) is 28.1 Å². The molecular weight excluding hydrogens is 376 g/mol. The summed E-state index contributed by atoms with van der Waals surface area (Å²) in [6, 6.07) is 9.98. The van der Waals surface area contributed by atoms with Gasteiger partial charge in [0.1, 0.15) is 0 Å². The molecule has 0 saturated carbocycles. The van der Waals surface area contributed by atoms with Gasteiger partial charge in [0.2, 0.25) is 5.91 Å². The van der Waals surface area contributed by atoms with Gasteiger partial charge in [-0.2, -0.15) is 0 Å². The molecule has 0 bridgehead atoms. The second-order valence-corrected chi connectivity index (χ2v) is 8.25. The number of nitrogens with one attached hydrogen (secondary N) is 1. The van der Waals surface area contributed by atoms with Gasteiger partial charge in [0.25, 0.3) is 0 Å². The van der Waals surface area contributed by atoms with Crippen LogP contribution in [-0.4, -0.2) is 26.4 Å². The molecule has 5 nitrogen and oxygen atoms in total. The average Bonchev–Trinajstić information content (AvgIpc) is 3.29. The molecule has 1 amide bonds. The quantitative estimate of drug-likeness (QED) is 0.540. The predicted molar refractivity (Wildman–Crippen MR) is 114 cm³/mol. The molecule has 0 aliphatic heterocycles. The Labute approximate surface area is 168 Å². The van der Waals surface area contributed by atoms with Gasteiger partial charge in [-0.05, 0) is 38.0 Å². The number of thiophene rings is 1. The summed E-state index contributed by atoms with van der Waals surface area (Å²) >= 11 is 3.18. The van der Waals surface area contributed by atoms with Crippen LogP contribution in [-0.2, 0) is 17.8 Å². The molecule has 1 N–H and O–H groups in total. The number of hydrogen-bond acceptors (Lipinski definition) is 5. The Kier molecular flexibility index (Phi) is 6.68. The van der Waals surface area contributed by atoms with E-state index in [-0.39, 0.29) is 5.91 Å². The van der Waals surface area contributed by atoms with Crippen molar-refractivity contribution in [2.75, 3.05) is 11.1 Å². The van der Waals surface area contributed by atoms with Crippen LogP contribution in [0.2, 0.25) is 0 Å². The number of nitrogens with zero attached hydrogens (tertiary/aromatic N) is 3. The van der Waals surface area contributed by atoms with Crippen LogP contribution in [0.25, 0.3) is 11.4 Å². The van der Waals surface area contributed by atoms with Crippen molar-refractivity contribution >= 4 is 34.7 Å². The zero-order chi connectivity index (χ0) is 19.2. The largest absolute Gasteiger partial charge is 0.325 e. The molecule has 0 fully saturated rings. The lowest BCUT2D eigenvalue weighted by Crippen LogP contribution is -2.14. The van der Waals surface area contributed by atoms with E-state index in [2.05, 4.69) is 45.4 Å². The fraction of sp³-hybridized carbons (Fsp3) is 0.350. The van der Waals surface area contributed by atoms with Gasteiger partial charge in [-0.3, -0.25) is 4.79 Å². The Morgan fingerprint density at radius 3 is 2.67 bits per heavy atom. The summed E-state index contributed by atoms with van der Waals surface area (Å²) in [5, 5.41) is 14.6. The van der Waals surface area contributed by atoms with Crippen molar-refractivity contribution in [3.8, 4) is 11.4 Å². The van der Waals surface area contributed by atoms with Gasteiger partial charge in [0.15, 0.2) is 11.0 Å². The minimum atomic E-state index is -0.0414. The Morgan fingerprint density at radius 1 is 1.22 bits per heavy atom. The first-order valence-electron chi connectivity index (χ1n) is 9.11. The molecule has 27 heavy (non-hydrogen) atoms. The van der Waals surface area contributed by atoms with Gasteiger partial charge >= 0.3 is 0 Å². The van der Waals surface area contributed by atoms with E-state index in [1.807, 2.05) is 31.2 Å². The van der Waals surface area contributed by atoms with E-state index in [1.165, 1.54) is 22.2 Å². The zero-order valence-electron chi connectivity index (χ0n) is 15.9. The summed E-state index contributed by atoms with van der Waals surface area (Å²) in [4.78, 5) is 13.6. The normalized spacial score (nSPS) is 10.9. The maximum Gasteiger partial charge on any atom is 0.234 e. The Bertz CT molecular complexity index is 899. The highest BCUT2D eigenvalue weighted by Gasteiger charge is 2.16. The van der Waals surface area contributed by atoms with Crippen molar-refractivity contribution in [3.63, 3.8) is 0 Å². The molecule has 0 unspecified atom stereocenters. The topological polar surface area (TPSA) is 59.8 Å².